The standard InChI is InChI=1S/C10H15NO4S/c1-7-3-2-4-9(11)8(7)5-6-10(12)16(13,14)15/h2-4,10,12H,5-6,11H2,1H3,(H,13,14,15). The zero-order chi connectivity index (χ0) is 12.3. The van der Waals surface area contributed by atoms with Gasteiger partial charge in [-0.1, -0.05) is 12.1 Å². The number of benzene rings is 1. The summed E-state index contributed by atoms with van der Waals surface area (Å²) in [4.78, 5) is 0. The molecule has 4 N–H and O–H groups in total. The second-order valence-corrected chi connectivity index (χ2v) is 5.23. The van der Waals surface area contributed by atoms with Gasteiger partial charge in [0.05, 0.1) is 0 Å². The molecule has 0 aliphatic carbocycles. The quantitative estimate of drug-likeness (QED) is 0.536. The van der Waals surface area contributed by atoms with Gasteiger partial charge >= 0.3 is 0 Å². The molecule has 0 saturated carbocycles. The number of aryl methyl sites for hydroxylation is 1. The molecule has 1 unspecified atom stereocenters. The molecule has 0 bridgehead atoms. The van der Waals surface area contributed by atoms with Crippen LogP contribution in [0.3, 0.4) is 0 Å². The van der Waals surface area contributed by atoms with E-state index in [1.54, 1.807) is 12.1 Å². The highest BCUT2D eigenvalue weighted by Crippen LogP contribution is 2.19. The zero-order valence-corrected chi connectivity index (χ0v) is 9.74. The van der Waals surface area contributed by atoms with Gasteiger partial charge in [0.2, 0.25) is 0 Å². The fraction of sp³-hybridized carbons (Fsp3) is 0.400. The van der Waals surface area contributed by atoms with E-state index >= 15 is 0 Å². The van der Waals surface area contributed by atoms with Crippen molar-refractivity contribution >= 4 is 15.8 Å². The Labute approximate surface area is 94.7 Å². The van der Waals surface area contributed by atoms with Crippen LogP contribution in [0.1, 0.15) is 17.5 Å². The fourth-order valence-corrected chi connectivity index (χ4v) is 1.90. The number of nitrogens with two attached hydrogens (primary N) is 1. The monoisotopic (exact) mass is 245 g/mol. The van der Waals surface area contributed by atoms with E-state index in [1.165, 1.54) is 0 Å². The topological polar surface area (TPSA) is 101 Å². The van der Waals surface area contributed by atoms with Gasteiger partial charge in [-0.2, -0.15) is 8.42 Å². The Hall–Kier alpha value is -1.11. The number of hydrogen-bond donors (Lipinski definition) is 3. The number of aliphatic hydroxyl groups excluding tert-OH is 1. The molecule has 90 valence electrons. The third-order valence-electron chi connectivity index (χ3n) is 2.43. The summed E-state index contributed by atoms with van der Waals surface area (Å²) < 4.78 is 29.8. The van der Waals surface area contributed by atoms with Crippen LogP contribution in [0.2, 0.25) is 0 Å². The van der Waals surface area contributed by atoms with Crippen molar-refractivity contribution in [2.75, 3.05) is 5.73 Å². The van der Waals surface area contributed by atoms with Gasteiger partial charge in [0.15, 0.2) is 5.44 Å². The lowest BCUT2D eigenvalue weighted by Gasteiger charge is -2.11. The summed E-state index contributed by atoms with van der Waals surface area (Å²) in [6, 6.07) is 5.36. The molecule has 5 nitrogen and oxygen atoms in total. The minimum Gasteiger partial charge on any atom is -0.398 e. The maximum atomic E-state index is 10.6. The van der Waals surface area contributed by atoms with E-state index in [0.717, 1.165) is 11.1 Å². The third-order valence-corrected chi connectivity index (χ3v) is 3.35. The highest BCUT2D eigenvalue weighted by atomic mass is 32.2. The molecule has 0 fully saturated rings. The van der Waals surface area contributed by atoms with Crippen molar-refractivity contribution in [2.24, 2.45) is 0 Å². The van der Waals surface area contributed by atoms with Gasteiger partial charge in [0.1, 0.15) is 0 Å². The summed E-state index contributed by atoms with van der Waals surface area (Å²) in [5.74, 6) is 0. The number of anilines is 1. The molecule has 0 aromatic heterocycles. The average Bonchev–Trinajstić information content (AvgIpc) is 2.15. The van der Waals surface area contributed by atoms with E-state index in [0.29, 0.717) is 12.1 Å². The van der Waals surface area contributed by atoms with Crippen LogP contribution in [0, 0.1) is 6.92 Å². The van der Waals surface area contributed by atoms with Crippen molar-refractivity contribution < 1.29 is 18.1 Å². The van der Waals surface area contributed by atoms with E-state index in [1.807, 2.05) is 13.0 Å². The van der Waals surface area contributed by atoms with Crippen LogP contribution in [-0.4, -0.2) is 23.5 Å². The van der Waals surface area contributed by atoms with Crippen LogP contribution < -0.4 is 5.73 Å². The van der Waals surface area contributed by atoms with E-state index in [9.17, 15) is 8.42 Å². The Balaban J connectivity index is 2.76. The van der Waals surface area contributed by atoms with Gasteiger partial charge in [-0.25, -0.2) is 0 Å². The lowest BCUT2D eigenvalue weighted by Crippen LogP contribution is -2.20. The first-order valence-corrected chi connectivity index (χ1v) is 6.31. The SMILES string of the molecule is Cc1cccc(N)c1CCC(O)S(=O)(=O)O. The first-order valence-electron chi connectivity index (χ1n) is 4.80. The Bertz CT molecular complexity index is 449. The van der Waals surface area contributed by atoms with Gasteiger partial charge in [-0.3, -0.25) is 4.55 Å². The van der Waals surface area contributed by atoms with Gasteiger partial charge in [-0.15, -0.1) is 0 Å². The first kappa shape index (κ1) is 13.0. The van der Waals surface area contributed by atoms with Gasteiger partial charge in [0, 0.05) is 5.69 Å². The van der Waals surface area contributed by atoms with E-state index in [2.05, 4.69) is 0 Å². The van der Waals surface area contributed by atoms with Crippen molar-refractivity contribution in [1.29, 1.82) is 0 Å². The summed E-state index contributed by atoms with van der Waals surface area (Å²) in [7, 11) is -4.38. The molecule has 0 aliphatic heterocycles. The van der Waals surface area contributed by atoms with Crippen molar-refractivity contribution in [3.05, 3.63) is 29.3 Å². The third kappa shape index (κ3) is 3.19. The second kappa shape index (κ2) is 4.82. The smallest absolute Gasteiger partial charge is 0.292 e. The minimum atomic E-state index is -4.38. The molecule has 0 aliphatic rings. The second-order valence-electron chi connectivity index (χ2n) is 3.65. The van der Waals surface area contributed by atoms with Gasteiger partial charge < -0.3 is 10.8 Å². The molecule has 0 heterocycles. The van der Waals surface area contributed by atoms with E-state index in [4.69, 9.17) is 15.4 Å². The van der Waals surface area contributed by atoms with Crippen molar-refractivity contribution in [1.82, 2.24) is 0 Å². The molecular formula is C10H15NO4S. The van der Waals surface area contributed by atoms with E-state index in [-0.39, 0.29) is 6.42 Å². The summed E-state index contributed by atoms with van der Waals surface area (Å²) in [5.41, 5.74) is 6.25. The Morgan fingerprint density at radius 1 is 1.44 bits per heavy atom. The Morgan fingerprint density at radius 3 is 2.56 bits per heavy atom. The van der Waals surface area contributed by atoms with Crippen LogP contribution in [0.25, 0.3) is 0 Å². The predicted octanol–water partition coefficient (Wildman–Crippen LogP) is 0.716. The van der Waals surface area contributed by atoms with Gasteiger partial charge in [-0.05, 0) is 37.0 Å². The number of aliphatic hydroxyl groups is 1. The van der Waals surface area contributed by atoms with Crippen LogP contribution >= 0.6 is 0 Å². The molecule has 0 amide bonds. The first-order chi connectivity index (χ1) is 7.32. The van der Waals surface area contributed by atoms with Crippen LogP contribution in [0.5, 0.6) is 0 Å². The highest BCUT2D eigenvalue weighted by Gasteiger charge is 2.19. The van der Waals surface area contributed by atoms with Crippen molar-refractivity contribution in [2.45, 2.75) is 25.2 Å². The van der Waals surface area contributed by atoms with E-state index < -0.39 is 15.6 Å². The Kier molecular flexibility index (Phi) is 3.90. The van der Waals surface area contributed by atoms with Gasteiger partial charge in [0.25, 0.3) is 10.1 Å². The zero-order valence-electron chi connectivity index (χ0n) is 8.92. The molecular weight excluding hydrogens is 230 g/mol. The normalized spacial score (nSPS) is 13.7. The molecule has 6 heteroatoms. The molecule has 16 heavy (non-hydrogen) atoms. The van der Waals surface area contributed by atoms with Crippen molar-refractivity contribution in [3.63, 3.8) is 0 Å². The number of rotatable bonds is 4. The Morgan fingerprint density at radius 2 is 2.06 bits per heavy atom. The number of hydrogen-bond acceptors (Lipinski definition) is 4. The predicted molar refractivity (Wildman–Crippen MR) is 61.5 cm³/mol. The maximum absolute atomic E-state index is 10.6. The fourth-order valence-electron chi connectivity index (χ4n) is 1.48. The summed E-state index contributed by atoms with van der Waals surface area (Å²) in [6.45, 7) is 1.85. The molecule has 0 radical (unpaired) electrons. The van der Waals surface area contributed by atoms with Crippen molar-refractivity contribution in [3.8, 4) is 0 Å². The molecule has 0 spiro atoms. The minimum absolute atomic E-state index is 0.0755. The summed E-state index contributed by atoms with van der Waals surface area (Å²) in [6.07, 6.45) is 0.230. The summed E-state index contributed by atoms with van der Waals surface area (Å²) in [5, 5.41) is 9.15. The summed E-state index contributed by atoms with van der Waals surface area (Å²) >= 11 is 0. The average molecular weight is 245 g/mol. The molecule has 1 aromatic rings. The molecule has 0 saturated heterocycles. The lowest BCUT2D eigenvalue weighted by atomic mass is 10.0. The van der Waals surface area contributed by atoms with Crippen LogP contribution in [0.15, 0.2) is 18.2 Å². The maximum Gasteiger partial charge on any atom is 0.292 e. The van der Waals surface area contributed by atoms with Crippen LogP contribution in [-0.2, 0) is 16.5 Å². The molecule has 1 atom stereocenters. The molecule has 1 rings (SSSR count). The largest absolute Gasteiger partial charge is 0.398 e. The number of nitrogen functional groups attached to an aromatic ring is 1. The molecule has 1 aromatic carbocycles. The lowest BCUT2D eigenvalue weighted by molar-refractivity contribution is 0.224. The van der Waals surface area contributed by atoms with Crippen LogP contribution in [0.4, 0.5) is 5.69 Å². The highest BCUT2D eigenvalue weighted by molar-refractivity contribution is 7.86.